The molecule has 0 aliphatic carbocycles. The van der Waals surface area contributed by atoms with Crippen molar-refractivity contribution in [1.82, 2.24) is 5.32 Å². The van der Waals surface area contributed by atoms with Gasteiger partial charge in [-0.3, -0.25) is 33.0 Å². The molecule has 4 heterocycles. The zero-order valence-electron chi connectivity index (χ0n) is 50.4. The number of ketones is 2. The molecule has 86 heavy (non-hydrogen) atoms. The molecule has 9 rings (SSSR count). The Kier molecular flexibility index (Phi) is 20.1. The van der Waals surface area contributed by atoms with Crippen molar-refractivity contribution in [3.63, 3.8) is 0 Å². The molecule has 6 atom stereocenters. The summed E-state index contributed by atoms with van der Waals surface area (Å²) in [4.78, 5) is 86.1. The molecule has 4 aliphatic heterocycles. The molecular formula is C66H78N4O13S3. The smallest absolute Gasteiger partial charge is 0.277 e. The van der Waals surface area contributed by atoms with Gasteiger partial charge in [-0.1, -0.05) is 85.7 Å². The van der Waals surface area contributed by atoms with E-state index in [2.05, 4.69) is 20.9 Å². The SMILES string of the molecule is CCC(=O)C(CCSSC(C)(C)CCC(=O)N[C@H](C(=O)C[C@@H](C)C(=O)Nc1cc(COc2cc3c(cc2C)C(=O)N2c4ccccc4C[C@H]2C(O)C3)cc(COc2cc3c(cc2OC)C(=O)N2c4ccccc4C[C@H]2CC3)c1)C(C)C)S(=O)(=O)OC. The molecule has 3 N–H and O–H groups in total. The van der Waals surface area contributed by atoms with E-state index in [0.717, 1.165) is 53.6 Å². The molecule has 0 saturated carbocycles. The predicted molar refractivity (Wildman–Crippen MR) is 336 cm³/mol. The third kappa shape index (κ3) is 14.3. The molecule has 0 fully saturated rings. The van der Waals surface area contributed by atoms with E-state index >= 15 is 0 Å². The number of nitrogens with zero attached hydrogens (tertiary/aromatic N) is 2. The summed E-state index contributed by atoms with van der Waals surface area (Å²) in [6.07, 6.45) is 2.81. The molecule has 5 aromatic rings. The minimum atomic E-state index is -4.02. The van der Waals surface area contributed by atoms with E-state index in [1.165, 1.54) is 28.7 Å². The summed E-state index contributed by atoms with van der Waals surface area (Å²) >= 11 is 0. The highest BCUT2D eigenvalue weighted by Crippen LogP contribution is 2.43. The second-order valence-corrected chi connectivity index (χ2v) is 28.9. The van der Waals surface area contributed by atoms with Gasteiger partial charge >= 0.3 is 0 Å². The molecule has 4 amide bonds. The lowest BCUT2D eigenvalue weighted by atomic mass is 9.92. The van der Waals surface area contributed by atoms with Crippen LogP contribution in [0.1, 0.15) is 140 Å². The molecular weight excluding hydrogens is 1150 g/mol. The highest BCUT2D eigenvalue weighted by atomic mass is 33.1. The molecule has 0 radical (unpaired) electrons. The van der Waals surface area contributed by atoms with Crippen molar-refractivity contribution in [2.45, 2.75) is 160 Å². The maximum absolute atomic E-state index is 14.2. The number of Topliss-reactive ketones (excluding diaryl/α,β-unsaturated/α-hetero) is 2. The Balaban J connectivity index is 0.885. The van der Waals surface area contributed by atoms with Crippen LogP contribution in [0.2, 0.25) is 0 Å². The van der Waals surface area contributed by atoms with Gasteiger partial charge in [-0.25, -0.2) is 0 Å². The van der Waals surface area contributed by atoms with Crippen molar-refractivity contribution >= 4 is 84.0 Å². The van der Waals surface area contributed by atoms with Gasteiger partial charge < -0.3 is 39.8 Å². The monoisotopic (exact) mass is 1230 g/mol. The third-order valence-corrected chi connectivity index (χ3v) is 21.8. The summed E-state index contributed by atoms with van der Waals surface area (Å²) in [5.74, 6) is -1.04. The lowest BCUT2D eigenvalue weighted by Crippen LogP contribution is -2.45. The number of ether oxygens (including phenoxy) is 3. The van der Waals surface area contributed by atoms with Gasteiger partial charge in [0.15, 0.2) is 23.1 Å². The Hall–Kier alpha value is -6.71. The number of hydrogen-bond donors (Lipinski definition) is 3. The van der Waals surface area contributed by atoms with E-state index in [-0.39, 0.29) is 80.8 Å². The number of rotatable bonds is 26. The maximum atomic E-state index is 14.2. The molecule has 4 aliphatic rings. The van der Waals surface area contributed by atoms with Gasteiger partial charge in [0.1, 0.15) is 24.2 Å². The quantitative estimate of drug-likeness (QED) is 0.0266. The minimum absolute atomic E-state index is 0.0298. The van der Waals surface area contributed by atoms with E-state index in [9.17, 15) is 42.3 Å². The van der Waals surface area contributed by atoms with Gasteiger partial charge in [-0.2, -0.15) is 8.42 Å². The number of methoxy groups -OCH3 is 1. The first-order valence-corrected chi connectivity index (χ1v) is 33.3. The molecule has 458 valence electrons. The predicted octanol–water partition coefficient (Wildman–Crippen LogP) is 10.5. The van der Waals surface area contributed by atoms with Crippen LogP contribution in [0.15, 0.2) is 91.0 Å². The molecule has 5 aromatic carbocycles. The van der Waals surface area contributed by atoms with Crippen molar-refractivity contribution in [3.8, 4) is 17.2 Å². The van der Waals surface area contributed by atoms with Crippen LogP contribution in [-0.2, 0) is 72.4 Å². The van der Waals surface area contributed by atoms with Gasteiger partial charge in [0, 0.05) is 76.3 Å². The Bertz CT molecular complexity index is 3530. The largest absolute Gasteiger partial charge is 0.493 e. The van der Waals surface area contributed by atoms with Gasteiger partial charge in [0.05, 0.1) is 32.4 Å². The molecule has 0 aromatic heterocycles. The number of carbonyl (C=O) groups is 6. The first-order chi connectivity index (χ1) is 41.0. The lowest BCUT2D eigenvalue weighted by molar-refractivity contribution is -0.131. The second-order valence-electron chi connectivity index (χ2n) is 23.9. The van der Waals surface area contributed by atoms with Crippen LogP contribution in [-0.4, -0.2) is 103 Å². The highest BCUT2D eigenvalue weighted by Gasteiger charge is 2.43. The standard InChI is InChI=1S/C66H78N4O13S3/c1-10-54(71)60(86(78,79)81-9)22-24-84-85-66(6,7)23-21-61(74)68-62(38(2)3)56(73)26-40(5)63(75)67-47-28-41(36-82-57-34-46-32-55(72)53-31-45-16-12-14-18-52(45)70(53)65(77)49(46)25-39(57)4)27-42(29-47)37-83-59-33-43-19-20-48-30-44-15-11-13-17-51(44)69(48)64(76)50(43)35-58(59)80-8/h11-18,25,27-29,33-35,38,40,48,53,55,60,62,72H,10,19-24,26,30-32,36-37H2,1-9H3,(H,67,75)(H,68,74)/t40-,48-,53+,55?,60?,62+/m1/s1. The first-order valence-electron chi connectivity index (χ1n) is 29.5. The number of aryl methyl sites for hydroxylation is 2. The second kappa shape index (κ2) is 27.1. The molecule has 2 unspecified atom stereocenters. The van der Waals surface area contributed by atoms with Crippen LogP contribution in [0.3, 0.4) is 0 Å². The fourth-order valence-corrected chi connectivity index (χ4v) is 16.0. The summed E-state index contributed by atoms with van der Waals surface area (Å²) in [7, 11) is 1.48. The number of para-hydroxylation sites is 2. The van der Waals surface area contributed by atoms with E-state index in [0.29, 0.717) is 75.8 Å². The normalized spacial score (nSPS) is 18.1. The number of carbonyl (C=O) groups excluding carboxylic acids is 6. The molecule has 0 saturated heterocycles. The first kappa shape index (κ1) is 63.8. The van der Waals surface area contributed by atoms with Crippen LogP contribution in [0.25, 0.3) is 0 Å². The van der Waals surface area contributed by atoms with E-state index in [1.54, 1.807) is 36.9 Å². The average Bonchev–Trinajstić information content (AvgIpc) is 2.63. The molecule has 0 spiro atoms. The molecule has 0 bridgehead atoms. The van der Waals surface area contributed by atoms with E-state index in [4.69, 9.17) is 14.2 Å². The Labute approximate surface area is 512 Å². The summed E-state index contributed by atoms with van der Waals surface area (Å²) in [5, 5.41) is 16.3. The number of aliphatic hydroxyl groups excluding tert-OH is 1. The highest BCUT2D eigenvalue weighted by molar-refractivity contribution is 8.77. The van der Waals surface area contributed by atoms with E-state index in [1.807, 2.05) is 106 Å². The van der Waals surface area contributed by atoms with Gasteiger partial charge in [0.25, 0.3) is 21.9 Å². The van der Waals surface area contributed by atoms with Crippen LogP contribution in [0, 0.1) is 18.8 Å². The number of fused-ring (bicyclic) bond motifs is 8. The summed E-state index contributed by atoms with van der Waals surface area (Å²) in [6, 6.07) is 27.3. The number of nitrogens with one attached hydrogen (secondary N) is 2. The van der Waals surface area contributed by atoms with Gasteiger partial charge in [-0.05, 0) is 159 Å². The fourth-order valence-electron chi connectivity index (χ4n) is 12.0. The van der Waals surface area contributed by atoms with Crippen LogP contribution in [0.5, 0.6) is 17.2 Å². The number of benzene rings is 5. The summed E-state index contributed by atoms with van der Waals surface area (Å²) in [5.41, 5.74) is 9.01. The zero-order valence-corrected chi connectivity index (χ0v) is 52.8. The minimum Gasteiger partial charge on any atom is -0.493 e. The van der Waals surface area contributed by atoms with Crippen LogP contribution < -0.4 is 34.6 Å². The molecule has 20 heteroatoms. The number of hydrogen-bond acceptors (Lipinski definition) is 15. The average molecular weight is 1230 g/mol. The van der Waals surface area contributed by atoms with Crippen molar-refractivity contribution in [1.29, 1.82) is 0 Å². The molecule has 17 nitrogen and oxygen atoms in total. The Morgan fingerprint density at radius 2 is 1.40 bits per heavy atom. The fraction of sp³-hybridized carbons (Fsp3) is 0.455. The Morgan fingerprint density at radius 3 is 2.06 bits per heavy atom. The summed E-state index contributed by atoms with van der Waals surface area (Å²) in [6.45, 7) is 12.8. The van der Waals surface area contributed by atoms with Crippen molar-refractivity contribution in [2.75, 3.05) is 35.1 Å². The summed E-state index contributed by atoms with van der Waals surface area (Å²) < 4.78 is 47.9. The Morgan fingerprint density at radius 1 is 0.767 bits per heavy atom. The zero-order chi connectivity index (χ0) is 61.8. The van der Waals surface area contributed by atoms with Crippen LogP contribution in [0.4, 0.5) is 17.1 Å². The van der Waals surface area contributed by atoms with Crippen molar-refractivity contribution < 1.29 is 60.7 Å². The van der Waals surface area contributed by atoms with Crippen molar-refractivity contribution in [3.05, 3.63) is 141 Å². The van der Waals surface area contributed by atoms with Gasteiger partial charge in [-0.15, -0.1) is 0 Å². The van der Waals surface area contributed by atoms with Crippen LogP contribution >= 0.6 is 21.6 Å². The third-order valence-electron chi connectivity index (χ3n) is 16.8. The topological polar surface area (TPSA) is 224 Å². The maximum Gasteiger partial charge on any atom is 0.277 e. The lowest BCUT2D eigenvalue weighted by Gasteiger charge is -2.26. The van der Waals surface area contributed by atoms with E-state index < -0.39 is 55.9 Å². The number of anilines is 3. The van der Waals surface area contributed by atoms with Crippen molar-refractivity contribution in [2.24, 2.45) is 11.8 Å². The number of aliphatic hydroxyl groups is 1. The number of amides is 4. The van der Waals surface area contributed by atoms with Gasteiger partial charge in [0.2, 0.25) is 11.8 Å².